The second-order valence-corrected chi connectivity index (χ2v) is 10.2. The van der Waals surface area contributed by atoms with Crippen molar-refractivity contribution in [1.82, 2.24) is 14.1 Å². The van der Waals surface area contributed by atoms with Gasteiger partial charge in [-0.1, -0.05) is 26.3 Å². The molecule has 0 bridgehead atoms. The van der Waals surface area contributed by atoms with Crippen LogP contribution in [0.2, 0.25) is 0 Å². The monoisotopic (exact) mass is 433 g/mol. The van der Waals surface area contributed by atoms with Gasteiger partial charge < -0.3 is 4.90 Å². The van der Waals surface area contributed by atoms with Gasteiger partial charge in [0, 0.05) is 19.2 Å². The molecule has 3 rings (SSSR count). The van der Waals surface area contributed by atoms with Gasteiger partial charge in [0.05, 0.1) is 24.3 Å². The summed E-state index contributed by atoms with van der Waals surface area (Å²) in [6, 6.07) is -0.793. The Balaban J connectivity index is 0.00000280. The lowest BCUT2D eigenvalue weighted by atomic mass is 9.88. The van der Waals surface area contributed by atoms with Crippen LogP contribution in [0.25, 0.3) is 0 Å². The molecule has 1 unspecified atom stereocenters. The van der Waals surface area contributed by atoms with E-state index in [0.29, 0.717) is 13.0 Å². The molecule has 3 fully saturated rings. The predicted octanol–water partition coefficient (Wildman–Crippen LogP) is 1.49. The quantitative estimate of drug-likeness (QED) is 0.614. The molecule has 0 aromatic rings. The van der Waals surface area contributed by atoms with Gasteiger partial charge in [-0.25, -0.2) is 12.7 Å². The van der Waals surface area contributed by atoms with E-state index in [1.54, 1.807) is 11.0 Å². The fourth-order valence-corrected chi connectivity index (χ4v) is 6.00. The summed E-state index contributed by atoms with van der Waals surface area (Å²) >= 11 is 0. The van der Waals surface area contributed by atoms with Crippen LogP contribution in [0.15, 0.2) is 12.2 Å². The molecule has 0 N–H and O–H groups in total. The zero-order valence-electron chi connectivity index (χ0n) is 16.9. The molecule has 3 aliphatic rings. The molecule has 0 radical (unpaired) electrons. The normalized spacial score (nSPS) is 28.9. The van der Waals surface area contributed by atoms with Crippen molar-refractivity contribution in [2.75, 3.05) is 32.4 Å². The standard InChI is InChI=1S/C19H31N3O4S.ClH/c1-14(2)17-18-15(22(19(17)24)27(3,25)26)9-13-21(18)16(23)8-7-12-20-10-5-4-6-11-20;/h7-8,14-15,17-18H,4-6,9-13H2,1-3H3;1H/b8-7+;/t15-,17?,18-;/m1./s1. The van der Waals surface area contributed by atoms with Crippen LogP contribution in [0, 0.1) is 11.8 Å². The van der Waals surface area contributed by atoms with E-state index in [4.69, 9.17) is 0 Å². The van der Waals surface area contributed by atoms with Crippen LogP contribution in [0.3, 0.4) is 0 Å². The van der Waals surface area contributed by atoms with E-state index in [1.165, 1.54) is 19.3 Å². The average molecular weight is 434 g/mol. The number of hydrogen-bond donors (Lipinski definition) is 0. The Hall–Kier alpha value is -1.12. The summed E-state index contributed by atoms with van der Waals surface area (Å²) in [4.78, 5) is 29.6. The zero-order valence-corrected chi connectivity index (χ0v) is 18.5. The second-order valence-electron chi connectivity index (χ2n) is 8.31. The van der Waals surface area contributed by atoms with Crippen molar-refractivity contribution in [2.24, 2.45) is 11.8 Å². The highest BCUT2D eigenvalue weighted by atomic mass is 35.5. The van der Waals surface area contributed by atoms with Gasteiger partial charge in [-0.2, -0.15) is 0 Å². The van der Waals surface area contributed by atoms with Crippen molar-refractivity contribution in [3.05, 3.63) is 12.2 Å². The number of rotatable bonds is 5. The van der Waals surface area contributed by atoms with E-state index in [-0.39, 0.29) is 36.2 Å². The Morgan fingerprint density at radius 2 is 1.82 bits per heavy atom. The number of nitrogens with zero attached hydrogens (tertiary/aromatic N) is 3. The molecule has 0 aromatic heterocycles. The molecular weight excluding hydrogens is 402 g/mol. The summed E-state index contributed by atoms with van der Waals surface area (Å²) < 4.78 is 25.4. The van der Waals surface area contributed by atoms with Gasteiger partial charge >= 0.3 is 0 Å². The van der Waals surface area contributed by atoms with Gasteiger partial charge in [0.15, 0.2) is 0 Å². The van der Waals surface area contributed by atoms with Crippen molar-refractivity contribution in [1.29, 1.82) is 0 Å². The molecule has 7 nitrogen and oxygen atoms in total. The summed E-state index contributed by atoms with van der Waals surface area (Å²) in [6.45, 7) is 7.22. The first-order chi connectivity index (χ1) is 12.7. The maximum Gasteiger partial charge on any atom is 0.246 e. The Bertz CT molecular complexity index is 719. The third kappa shape index (κ3) is 4.54. The highest BCUT2D eigenvalue weighted by Crippen LogP contribution is 2.41. The van der Waals surface area contributed by atoms with E-state index in [2.05, 4.69) is 4.90 Å². The van der Waals surface area contributed by atoms with Crippen LogP contribution in [-0.2, 0) is 19.6 Å². The van der Waals surface area contributed by atoms with Crippen molar-refractivity contribution < 1.29 is 18.0 Å². The minimum Gasteiger partial charge on any atom is -0.333 e. The number of carbonyl (C=O) groups is 2. The molecule has 0 aliphatic carbocycles. The lowest BCUT2D eigenvalue weighted by molar-refractivity contribution is -0.131. The third-order valence-corrected chi connectivity index (χ3v) is 7.19. The lowest BCUT2D eigenvalue weighted by Crippen LogP contribution is -2.43. The zero-order chi connectivity index (χ0) is 19.8. The predicted molar refractivity (Wildman–Crippen MR) is 111 cm³/mol. The molecule has 0 saturated carbocycles. The van der Waals surface area contributed by atoms with Gasteiger partial charge in [0.25, 0.3) is 0 Å². The van der Waals surface area contributed by atoms with Gasteiger partial charge in [0.1, 0.15) is 0 Å². The summed E-state index contributed by atoms with van der Waals surface area (Å²) in [5.41, 5.74) is 0. The number of amides is 2. The lowest BCUT2D eigenvalue weighted by Gasteiger charge is -2.28. The van der Waals surface area contributed by atoms with Crippen molar-refractivity contribution in [2.45, 2.75) is 51.6 Å². The Kier molecular flexibility index (Phi) is 7.56. The maximum absolute atomic E-state index is 12.8. The molecule has 3 heterocycles. The van der Waals surface area contributed by atoms with Gasteiger partial charge in [-0.3, -0.25) is 14.5 Å². The number of likely N-dealkylation sites (tertiary alicyclic amines) is 2. The largest absolute Gasteiger partial charge is 0.333 e. The first-order valence-corrected chi connectivity index (χ1v) is 11.8. The SMILES string of the molecule is CC(C)C1C(=O)N(S(C)(=O)=O)[C@@H]2CCN(C(=O)/C=C/CN3CCCCC3)[C@@H]12.Cl. The number of hydrogen-bond acceptors (Lipinski definition) is 5. The topological polar surface area (TPSA) is 78.0 Å². The van der Waals surface area contributed by atoms with Crippen LogP contribution < -0.4 is 0 Å². The molecule has 0 aromatic carbocycles. The molecular formula is C19H32ClN3O4S. The number of sulfonamides is 1. The van der Waals surface area contributed by atoms with Gasteiger partial charge in [0.2, 0.25) is 21.8 Å². The third-order valence-electron chi connectivity index (χ3n) is 6.02. The molecule has 3 atom stereocenters. The first-order valence-electron chi connectivity index (χ1n) is 9.94. The number of fused-ring (bicyclic) bond motifs is 1. The number of carbonyl (C=O) groups excluding carboxylic acids is 2. The van der Waals surface area contributed by atoms with Crippen LogP contribution in [0.5, 0.6) is 0 Å². The minimum atomic E-state index is -3.63. The number of halogens is 1. The second kappa shape index (κ2) is 9.13. The first kappa shape index (κ1) is 23.2. The van der Waals surface area contributed by atoms with Crippen LogP contribution in [-0.4, -0.2) is 78.9 Å². The smallest absolute Gasteiger partial charge is 0.246 e. The summed E-state index contributed by atoms with van der Waals surface area (Å²) in [5.74, 6) is -0.972. The van der Waals surface area contributed by atoms with E-state index < -0.39 is 22.0 Å². The van der Waals surface area contributed by atoms with Crippen molar-refractivity contribution >= 4 is 34.2 Å². The fraction of sp³-hybridized carbons (Fsp3) is 0.789. The van der Waals surface area contributed by atoms with Crippen molar-refractivity contribution in [3.63, 3.8) is 0 Å². The van der Waals surface area contributed by atoms with Crippen LogP contribution >= 0.6 is 12.4 Å². The molecule has 0 spiro atoms. The minimum absolute atomic E-state index is 0. The fourth-order valence-electron chi connectivity index (χ4n) is 4.83. The summed E-state index contributed by atoms with van der Waals surface area (Å²) in [6.07, 6.45) is 8.77. The van der Waals surface area contributed by atoms with E-state index in [1.807, 2.05) is 19.9 Å². The Morgan fingerprint density at radius 3 is 2.39 bits per heavy atom. The molecule has 2 amide bonds. The van der Waals surface area contributed by atoms with Gasteiger partial charge in [-0.05, 0) is 38.3 Å². The summed E-state index contributed by atoms with van der Waals surface area (Å²) in [7, 11) is -3.63. The highest BCUT2D eigenvalue weighted by Gasteiger charge is 2.58. The van der Waals surface area contributed by atoms with E-state index in [9.17, 15) is 18.0 Å². The van der Waals surface area contributed by atoms with E-state index >= 15 is 0 Å². The summed E-state index contributed by atoms with van der Waals surface area (Å²) in [5, 5.41) is 0. The maximum atomic E-state index is 12.8. The van der Waals surface area contributed by atoms with E-state index in [0.717, 1.165) is 30.2 Å². The molecule has 160 valence electrons. The van der Waals surface area contributed by atoms with Gasteiger partial charge in [-0.15, -0.1) is 12.4 Å². The average Bonchev–Trinajstić information content (AvgIpc) is 3.11. The molecule has 28 heavy (non-hydrogen) atoms. The number of piperidine rings is 1. The van der Waals surface area contributed by atoms with Crippen LogP contribution in [0.4, 0.5) is 0 Å². The Morgan fingerprint density at radius 1 is 1.18 bits per heavy atom. The molecule has 3 aliphatic heterocycles. The van der Waals surface area contributed by atoms with Crippen LogP contribution in [0.1, 0.15) is 39.5 Å². The molecule has 3 saturated heterocycles. The highest BCUT2D eigenvalue weighted by molar-refractivity contribution is 7.88. The Labute approximate surface area is 174 Å². The van der Waals surface area contributed by atoms with Crippen molar-refractivity contribution in [3.8, 4) is 0 Å². The molecule has 9 heteroatoms.